The number of nitrogens with two attached hydrogens (primary N) is 1. The molecule has 0 aromatic heterocycles. The Kier molecular flexibility index (Phi) is 2.93. The van der Waals surface area contributed by atoms with Crippen LogP contribution in [-0.2, 0) is 10.1 Å². The lowest BCUT2D eigenvalue weighted by Crippen LogP contribution is -2.10. The van der Waals surface area contributed by atoms with Crippen molar-refractivity contribution in [1.29, 1.82) is 0 Å². The van der Waals surface area contributed by atoms with Crippen LogP contribution in [0.3, 0.4) is 0 Å². The molecule has 4 N–H and O–H groups in total. The average Bonchev–Trinajstić information content (AvgIpc) is 2.11. The van der Waals surface area contributed by atoms with Crippen molar-refractivity contribution >= 4 is 21.8 Å². The summed E-state index contributed by atoms with van der Waals surface area (Å²) in [5.41, 5.74) is 5.81. The lowest BCUT2D eigenvalue weighted by atomic mass is 10.0. The molecule has 7 heteroatoms. The first-order chi connectivity index (χ1) is 7.16. The van der Waals surface area contributed by atoms with Gasteiger partial charge in [-0.1, -0.05) is 0 Å². The number of hydrogen-bond acceptors (Lipinski definition) is 4. The highest BCUT2D eigenvalue weighted by atomic mass is 32.2. The fourth-order valence-corrected chi connectivity index (χ4v) is 2.16. The van der Waals surface area contributed by atoms with Crippen molar-refractivity contribution in [3.05, 3.63) is 22.8 Å². The van der Waals surface area contributed by atoms with E-state index < -0.39 is 21.0 Å². The van der Waals surface area contributed by atoms with Crippen molar-refractivity contribution in [3.8, 4) is 0 Å². The van der Waals surface area contributed by atoms with Crippen LogP contribution < -0.4 is 5.73 Å². The summed E-state index contributed by atoms with van der Waals surface area (Å²) >= 11 is 0. The van der Waals surface area contributed by atoms with E-state index in [4.69, 9.17) is 15.4 Å². The first-order valence-corrected chi connectivity index (χ1v) is 5.70. The van der Waals surface area contributed by atoms with Crippen LogP contribution in [-0.4, -0.2) is 24.0 Å². The third-order valence-electron chi connectivity index (χ3n) is 2.37. The maximum Gasteiger partial charge on any atom is 0.336 e. The summed E-state index contributed by atoms with van der Waals surface area (Å²) in [6.45, 7) is 2.87. The lowest BCUT2D eigenvalue weighted by Gasteiger charge is -2.11. The molecular weight excluding hydrogens is 234 g/mol. The number of nitrogen functional groups attached to an aromatic ring is 1. The predicted octanol–water partition coefficient (Wildman–Crippen LogP) is 0.831. The topological polar surface area (TPSA) is 118 Å². The Morgan fingerprint density at radius 2 is 1.81 bits per heavy atom. The number of anilines is 1. The minimum Gasteiger partial charge on any atom is -0.478 e. The molecule has 0 heterocycles. The largest absolute Gasteiger partial charge is 0.478 e. The van der Waals surface area contributed by atoms with Crippen LogP contribution >= 0.6 is 0 Å². The highest BCUT2D eigenvalue weighted by Crippen LogP contribution is 2.27. The van der Waals surface area contributed by atoms with Gasteiger partial charge in [0, 0.05) is 5.69 Å². The summed E-state index contributed by atoms with van der Waals surface area (Å²) in [5, 5.41) is 8.84. The Labute approximate surface area is 92.5 Å². The van der Waals surface area contributed by atoms with E-state index in [1.54, 1.807) is 0 Å². The normalized spacial score (nSPS) is 11.4. The molecule has 0 bridgehead atoms. The lowest BCUT2D eigenvalue weighted by molar-refractivity contribution is 0.0696. The first-order valence-electron chi connectivity index (χ1n) is 4.26. The standard InChI is InChI=1S/C9H11NO5S/c1-4-6(9(11)12)3-7(16(13,14)15)5(2)8(4)10/h3H,10H2,1-2H3,(H,11,12)(H,13,14,15). The summed E-state index contributed by atoms with van der Waals surface area (Å²) in [7, 11) is -4.47. The number of carboxylic acids is 1. The van der Waals surface area contributed by atoms with Crippen LogP contribution in [0, 0.1) is 13.8 Å². The van der Waals surface area contributed by atoms with Crippen LogP contribution in [0.2, 0.25) is 0 Å². The molecule has 0 saturated heterocycles. The zero-order valence-corrected chi connectivity index (χ0v) is 9.50. The van der Waals surface area contributed by atoms with Crippen molar-refractivity contribution in [1.82, 2.24) is 0 Å². The van der Waals surface area contributed by atoms with Gasteiger partial charge in [-0.05, 0) is 31.0 Å². The predicted molar refractivity (Wildman–Crippen MR) is 57.1 cm³/mol. The highest BCUT2D eigenvalue weighted by Gasteiger charge is 2.21. The zero-order valence-electron chi connectivity index (χ0n) is 8.68. The molecule has 0 amide bonds. The van der Waals surface area contributed by atoms with Gasteiger partial charge in [0.25, 0.3) is 10.1 Å². The summed E-state index contributed by atoms with van der Waals surface area (Å²) in [4.78, 5) is 10.4. The monoisotopic (exact) mass is 245 g/mol. The van der Waals surface area contributed by atoms with Crippen molar-refractivity contribution < 1.29 is 22.9 Å². The smallest absolute Gasteiger partial charge is 0.336 e. The van der Waals surface area contributed by atoms with E-state index in [1.807, 2.05) is 0 Å². The summed E-state index contributed by atoms with van der Waals surface area (Å²) in [5.74, 6) is -1.30. The third kappa shape index (κ3) is 2.00. The van der Waals surface area contributed by atoms with E-state index in [0.29, 0.717) is 0 Å². The molecular formula is C9H11NO5S. The number of benzene rings is 1. The molecule has 0 fully saturated rings. The molecule has 0 saturated carbocycles. The highest BCUT2D eigenvalue weighted by molar-refractivity contribution is 7.85. The van der Waals surface area contributed by atoms with E-state index >= 15 is 0 Å². The van der Waals surface area contributed by atoms with Gasteiger partial charge in [0.2, 0.25) is 0 Å². The maximum absolute atomic E-state index is 11.0. The van der Waals surface area contributed by atoms with Gasteiger partial charge in [-0.2, -0.15) is 8.42 Å². The molecule has 0 spiro atoms. The number of rotatable bonds is 2. The van der Waals surface area contributed by atoms with E-state index in [2.05, 4.69) is 0 Å². The summed E-state index contributed by atoms with van der Waals surface area (Å²) in [6.07, 6.45) is 0. The molecule has 88 valence electrons. The molecule has 0 aliphatic rings. The molecule has 0 radical (unpaired) electrons. The number of aromatic carboxylic acids is 1. The molecule has 0 unspecified atom stereocenters. The Morgan fingerprint density at radius 1 is 1.31 bits per heavy atom. The van der Waals surface area contributed by atoms with Crippen LogP contribution in [0.5, 0.6) is 0 Å². The van der Waals surface area contributed by atoms with Gasteiger partial charge in [-0.3, -0.25) is 4.55 Å². The molecule has 0 atom stereocenters. The van der Waals surface area contributed by atoms with Crippen molar-refractivity contribution in [2.24, 2.45) is 0 Å². The second kappa shape index (κ2) is 3.76. The van der Waals surface area contributed by atoms with E-state index in [-0.39, 0.29) is 22.4 Å². The third-order valence-corrected chi connectivity index (χ3v) is 3.35. The van der Waals surface area contributed by atoms with Gasteiger partial charge in [0.15, 0.2) is 0 Å². The van der Waals surface area contributed by atoms with Crippen LogP contribution in [0.1, 0.15) is 21.5 Å². The molecule has 0 aliphatic carbocycles. The Hall–Kier alpha value is -1.60. The number of carboxylic acid groups (broad SMARTS) is 1. The first kappa shape index (κ1) is 12.5. The van der Waals surface area contributed by atoms with Gasteiger partial charge in [0.1, 0.15) is 0 Å². The minimum absolute atomic E-state index is 0.0486. The van der Waals surface area contributed by atoms with E-state index in [0.717, 1.165) is 6.07 Å². The minimum atomic E-state index is -4.47. The Morgan fingerprint density at radius 3 is 2.19 bits per heavy atom. The Bertz CT molecular complexity index is 562. The fourth-order valence-electron chi connectivity index (χ4n) is 1.40. The zero-order chi connectivity index (χ0) is 12.7. The second-order valence-electron chi connectivity index (χ2n) is 3.37. The van der Waals surface area contributed by atoms with Gasteiger partial charge in [-0.15, -0.1) is 0 Å². The second-order valence-corrected chi connectivity index (χ2v) is 4.76. The summed E-state index contributed by atoms with van der Waals surface area (Å²) < 4.78 is 30.9. The van der Waals surface area contributed by atoms with Crippen molar-refractivity contribution in [2.75, 3.05) is 5.73 Å². The molecule has 6 nitrogen and oxygen atoms in total. The number of hydrogen-bond donors (Lipinski definition) is 3. The van der Waals surface area contributed by atoms with Crippen LogP contribution in [0.15, 0.2) is 11.0 Å². The van der Waals surface area contributed by atoms with Crippen LogP contribution in [0.25, 0.3) is 0 Å². The van der Waals surface area contributed by atoms with Gasteiger partial charge in [0.05, 0.1) is 10.5 Å². The molecule has 1 aromatic carbocycles. The quantitative estimate of drug-likeness (QED) is 0.524. The maximum atomic E-state index is 11.0. The fraction of sp³-hybridized carbons (Fsp3) is 0.222. The van der Waals surface area contributed by atoms with Gasteiger partial charge >= 0.3 is 5.97 Å². The molecule has 16 heavy (non-hydrogen) atoms. The SMILES string of the molecule is Cc1c(C(=O)O)cc(S(=O)(=O)O)c(C)c1N. The summed E-state index contributed by atoms with van der Waals surface area (Å²) in [6, 6.07) is 0.901. The van der Waals surface area contributed by atoms with Crippen molar-refractivity contribution in [3.63, 3.8) is 0 Å². The van der Waals surface area contributed by atoms with Crippen LogP contribution in [0.4, 0.5) is 5.69 Å². The van der Waals surface area contributed by atoms with Crippen molar-refractivity contribution in [2.45, 2.75) is 18.7 Å². The number of carbonyl (C=O) groups is 1. The van der Waals surface area contributed by atoms with Gasteiger partial charge < -0.3 is 10.8 Å². The molecule has 1 aromatic rings. The average molecular weight is 245 g/mol. The van der Waals surface area contributed by atoms with Gasteiger partial charge in [-0.25, -0.2) is 4.79 Å². The molecule has 0 aliphatic heterocycles. The van der Waals surface area contributed by atoms with E-state index in [9.17, 15) is 13.2 Å². The Balaban J connectivity index is 3.74. The van der Waals surface area contributed by atoms with E-state index in [1.165, 1.54) is 13.8 Å². The molecule has 1 rings (SSSR count).